The maximum Gasteiger partial charge on any atom is 0.338 e. The zero-order chi connectivity index (χ0) is 22.0. The van der Waals surface area contributed by atoms with Gasteiger partial charge in [0.05, 0.1) is 29.0 Å². The number of hydrogen-bond donors (Lipinski definition) is 0. The van der Waals surface area contributed by atoms with Gasteiger partial charge in [-0.05, 0) is 56.3 Å². The summed E-state index contributed by atoms with van der Waals surface area (Å²) in [6.45, 7) is 3.83. The van der Waals surface area contributed by atoms with Crippen LogP contribution in [0.25, 0.3) is 0 Å². The molecule has 0 fully saturated rings. The predicted octanol–water partition coefficient (Wildman–Crippen LogP) is 2.52. The van der Waals surface area contributed by atoms with Gasteiger partial charge in [0, 0.05) is 14.1 Å². The van der Waals surface area contributed by atoms with Crippen molar-refractivity contribution in [2.75, 3.05) is 25.6 Å². The highest BCUT2D eigenvalue weighted by Gasteiger charge is 2.37. The third-order valence-corrected chi connectivity index (χ3v) is 4.60. The number of carbonyl (C=O) groups excluding carboxylic acids is 4. The second-order valence-corrected chi connectivity index (χ2v) is 6.91. The van der Waals surface area contributed by atoms with E-state index in [0.29, 0.717) is 18.0 Å². The molecule has 30 heavy (non-hydrogen) atoms. The first kappa shape index (κ1) is 21.0. The zero-order valence-corrected chi connectivity index (χ0v) is 17.2. The molecular formula is C22H22N2O6. The minimum Gasteiger partial charge on any atom is -0.494 e. The lowest BCUT2D eigenvalue weighted by molar-refractivity contribution is -0.137. The van der Waals surface area contributed by atoms with E-state index in [1.807, 2.05) is 6.92 Å². The molecule has 2 aromatic carbocycles. The molecule has 0 N–H and O–H groups in total. The van der Waals surface area contributed by atoms with Gasteiger partial charge in [-0.15, -0.1) is 0 Å². The number of esters is 1. The van der Waals surface area contributed by atoms with Crippen molar-refractivity contribution in [1.29, 1.82) is 0 Å². The lowest BCUT2D eigenvalue weighted by atomic mass is 10.1. The number of imide groups is 1. The third kappa shape index (κ3) is 3.89. The topological polar surface area (TPSA) is 93.2 Å². The monoisotopic (exact) mass is 410 g/mol. The van der Waals surface area contributed by atoms with E-state index in [1.54, 1.807) is 38.4 Å². The number of benzene rings is 2. The molecule has 0 aliphatic carbocycles. The van der Waals surface area contributed by atoms with Crippen LogP contribution < -0.4 is 9.64 Å². The first-order valence-electron chi connectivity index (χ1n) is 9.42. The van der Waals surface area contributed by atoms with Crippen LogP contribution in [-0.4, -0.2) is 55.4 Å². The number of ether oxygens (including phenoxy) is 2. The van der Waals surface area contributed by atoms with Crippen molar-refractivity contribution >= 4 is 29.4 Å². The maximum atomic E-state index is 12.9. The van der Waals surface area contributed by atoms with Crippen LogP contribution in [0.15, 0.2) is 42.5 Å². The van der Waals surface area contributed by atoms with Gasteiger partial charge < -0.3 is 14.4 Å². The zero-order valence-electron chi connectivity index (χ0n) is 17.2. The lowest BCUT2D eigenvalue weighted by Crippen LogP contribution is -2.34. The van der Waals surface area contributed by atoms with E-state index in [0.717, 1.165) is 4.90 Å². The van der Waals surface area contributed by atoms with Crippen LogP contribution in [0.1, 0.15) is 44.9 Å². The van der Waals surface area contributed by atoms with Crippen LogP contribution in [0.2, 0.25) is 0 Å². The Morgan fingerprint density at radius 1 is 1.00 bits per heavy atom. The Labute approximate surface area is 174 Å². The van der Waals surface area contributed by atoms with E-state index < -0.39 is 23.9 Å². The highest BCUT2D eigenvalue weighted by Crippen LogP contribution is 2.30. The fourth-order valence-corrected chi connectivity index (χ4v) is 3.10. The van der Waals surface area contributed by atoms with Gasteiger partial charge in [-0.1, -0.05) is 0 Å². The quantitative estimate of drug-likeness (QED) is 0.537. The Kier molecular flexibility index (Phi) is 5.86. The fraction of sp³-hybridized carbons (Fsp3) is 0.273. The SMILES string of the molecule is CCOc1ccc(N2C(=O)c3ccc(C(=O)O[C@@H](C)C(=O)N(C)C)cc3C2=O)cc1. The van der Waals surface area contributed by atoms with E-state index in [4.69, 9.17) is 9.47 Å². The molecule has 0 saturated carbocycles. The van der Waals surface area contributed by atoms with Crippen LogP contribution >= 0.6 is 0 Å². The van der Waals surface area contributed by atoms with Gasteiger partial charge in [0.15, 0.2) is 6.10 Å². The molecule has 0 radical (unpaired) electrons. The molecule has 1 aliphatic rings. The van der Waals surface area contributed by atoms with Crippen molar-refractivity contribution in [2.24, 2.45) is 0 Å². The summed E-state index contributed by atoms with van der Waals surface area (Å²) in [4.78, 5) is 52.3. The molecule has 0 bridgehead atoms. The van der Waals surface area contributed by atoms with Gasteiger partial charge in [-0.2, -0.15) is 0 Å². The predicted molar refractivity (Wildman–Crippen MR) is 109 cm³/mol. The summed E-state index contributed by atoms with van der Waals surface area (Å²) < 4.78 is 10.6. The van der Waals surface area contributed by atoms with E-state index in [-0.39, 0.29) is 22.6 Å². The highest BCUT2D eigenvalue weighted by atomic mass is 16.5. The summed E-state index contributed by atoms with van der Waals surface area (Å²) in [7, 11) is 3.11. The largest absolute Gasteiger partial charge is 0.494 e. The van der Waals surface area contributed by atoms with Crippen molar-refractivity contribution in [2.45, 2.75) is 20.0 Å². The second-order valence-electron chi connectivity index (χ2n) is 6.91. The number of likely N-dealkylation sites (N-methyl/N-ethyl adjacent to an activating group) is 1. The molecule has 2 aromatic rings. The summed E-state index contributed by atoms with van der Waals surface area (Å²) in [6, 6.07) is 10.7. The van der Waals surface area contributed by atoms with Gasteiger partial charge >= 0.3 is 5.97 Å². The molecule has 156 valence electrons. The Morgan fingerprint density at radius 2 is 1.63 bits per heavy atom. The summed E-state index contributed by atoms with van der Waals surface area (Å²) in [5.41, 5.74) is 0.790. The number of amides is 3. The van der Waals surface area contributed by atoms with Gasteiger partial charge in [0.1, 0.15) is 5.75 Å². The van der Waals surface area contributed by atoms with Crippen LogP contribution in [0.5, 0.6) is 5.75 Å². The van der Waals surface area contributed by atoms with Crippen LogP contribution in [-0.2, 0) is 9.53 Å². The Hall–Kier alpha value is -3.68. The molecule has 0 unspecified atom stereocenters. The normalized spacial score (nSPS) is 13.7. The van der Waals surface area contributed by atoms with Crippen molar-refractivity contribution in [3.63, 3.8) is 0 Å². The Morgan fingerprint density at radius 3 is 2.23 bits per heavy atom. The van der Waals surface area contributed by atoms with Gasteiger partial charge in [0.25, 0.3) is 17.7 Å². The number of fused-ring (bicyclic) bond motifs is 1. The van der Waals surface area contributed by atoms with Crippen molar-refractivity contribution < 1.29 is 28.7 Å². The molecule has 3 amide bonds. The van der Waals surface area contributed by atoms with Crippen molar-refractivity contribution in [1.82, 2.24) is 4.90 Å². The van der Waals surface area contributed by atoms with Gasteiger partial charge in [-0.25, -0.2) is 9.69 Å². The Balaban J connectivity index is 1.83. The molecule has 1 aliphatic heterocycles. The first-order valence-corrected chi connectivity index (χ1v) is 9.42. The van der Waals surface area contributed by atoms with Crippen molar-refractivity contribution in [3.05, 3.63) is 59.2 Å². The van der Waals surface area contributed by atoms with Crippen LogP contribution in [0, 0.1) is 0 Å². The summed E-state index contributed by atoms with van der Waals surface area (Å²) in [5, 5.41) is 0. The van der Waals surface area contributed by atoms with Gasteiger partial charge in [-0.3, -0.25) is 14.4 Å². The molecule has 1 heterocycles. The van der Waals surface area contributed by atoms with E-state index >= 15 is 0 Å². The third-order valence-electron chi connectivity index (χ3n) is 4.60. The summed E-state index contributed by atoms with van der Waals surface area (Å²) in [6.07, 6.45) is -0.974. The maximum absolute atomic E-state index is 12.9. The molecule has 8 heteroatoms. The van der Waals surface area contributed by atoms with Crippen molar-refractivity contribution in [3.8, 4) is 5.75 Å². The Bertz CT molecular complexity index is 1010. The number of anilines is 1. The lowest BCUT2D eigenvalue weighted by Gasteiger charge is -2.17. The summed E-state index contributed by atoms with van der Waals surface area (Å²) >= 11 is 0. The molecular weight excluding hydrogens is 388 g/mol. The van der Waals surface area contributed by atoms with E-state index in [9.17, 15) is 19.2 Å². The summed E-state index contributed by atoms with van der Waals surface area (Å²) in [5.74, 6) is -1.50. The second kappa shape index (κ2) is 8.36. The van der Waals surface area contributed by atoms with Gasteiger partial charge in [0.2, 0.25) is 0 Å². The smallest absolute Gasteiger partial charge is 0.338 e. The average Bonchev–Trinajstić information content (AvgIpc) is 2.98. The number of nitrogens with zero attached hydrogens (tertiary/aromatic N) is 2. The molecule has 3 rings (SSSR count). The first-order chi connectivity index (χ1) is 14.2. The average molecular weight is 410 g/mol. The number of hydrogen-bond acceptors (Lipinski definition) is 6. The van der Waals surface area contributed by atoms with Crippen LogP contribution in [0.4, 0.5) is 5.69 Å². The van der Waals surface area contributed by atoms with Crippen LogP contribution in [0.3, 0.4) is 0 Å². The highest BCUT2D eigenvalue weighted by molar-refractivity contribution is 6.34. The van der Waals surface area contributed by atoms with E-state index in [2.05, 4.69) is 0 Å². The fourth-order valence-electron chi connectivity index (χ4n) is 3.10. The molecule has 0 aromatic heterocycles. The molecule has 0 saturated heterocycles. The van der Waals surface area contributed by atoms with E-state index in [1.165, 1.54) is 30.0 Å². The minimum absolute atomic E-state index is 0.0850. The molecule has 0 spiro atoms. The molecule has 1 atom stereocenters. The number of carbonyl (C=O) groups is 4. The minimum atomic E-state index is -0.974. The number of rotatable bonds is 6. The molecule has 8 nitrogen and oxygen atoms in total. The standard InChI is InChI=1S/C22H22N2O6/c1-5-29-16-9-7-15(8-10-16)24-20(26)17-11-6-14(12-18(17)21(24)27)22(28)30-13(2)19(25)23(3)4/h6-13H,5H2,1-4H3/t13-/m0/s1.